The standard InChI is InChI=1S/C15H18O5/c1-9-4-3-6-14(2)12(10-5-7-19-8-10)20-13(17)11(16)15(9,14)18/h4-5,7-8,11-12,16,18H,3,6H2,1-2H3/t11-,12+,14+,15-/m1/s1. The fraction of sp³-hybridized carbons (Fsp3) is 0.533. The summed E-state index contributed by atoms with van der Waals surface area (Å²) in [6, 6.07) is 1.72. The number of esters is 1. The first-order chi connectivity index (χ1) is 9.41. The highest BCUT2D eigenvalue weighted by Crippen LogP contribution is 2.57. The third-order valence-corrected chi connectivity index (χ3v) is 4.86. The summed E-state index contributed by atoms with van der Waals surface area (Å²) in [5.74, 6) is -0.800. The number of aliphatic hydroxyl groups excluding tert-OH is 1. The van der Waals surface area contributed by atoms with Gasteiger partial charge in [0, 0.05) is 11.0 Å². The van der Waals surface area contributed by atoms with E-state index in [0.717, 1.165) is 6.42 Å². The number of carbonyl (C=O) groups is 1. The van der Waals surface area contributed by atoms with Gasteiger partial charge in [0.1, 0.15) is 11.7 Å². The molecule has 5 heteroatoms. The normalized spacial score (nSPS) is 40.8. The molecule has 0 amide bonds. The Kier molecular flexibility index (Phi) is 2.81. The van der Waals surface area contributed by atoms with Crippen molar-refractivity contribution < 1.29 is 24.2 Å². The van der Waals surface area contributed by atoms with Gasteiger partial charge in [-0.15, -0.1) is 0 Å². The number of cyclic esters (lactones) is 1. The molecule has 108 valence electrons. The minimum Gasteiger partial charge on any atom is -0.472 e. The molecule has 1 aliphatic heterocycles. The van der Waals surface area contributed by atoms with Gasteiger partial charge in [0.25, 0.3) is 0 Å². The van der Waals surface area contributed by atoms with Gasteiger partial charge >= 0.3 is 5.97 Å². The van der Waals surface area contributed by atoms with Gasteiger partial charge in [0.05, 0.1) is 12.5 Å². The SMILES string of the molecule is CC1=CCC[C@@]2(C)[C@H](c3ccoc3)OC(=O)[C@@H](O)[C@]12O. The molecule has 1 saturated heterocycles. The molecular formula is C15H18O5. The Morgan fingerprint density at radius 1 is 1.45 bits per heavy atom. The Bertz CT molecular complexity index is 561. The number of furan rings is 1. The molecule has 1 aliphatic carbocycles. The Morgan fingerprint density at radius 3 is 2.85 bits per heavy atom. The minimum atomic E-state index is -1.61. The fourth-order valence-electron chi connectivity index (χ4n) is 3.59. The zero-order valence-electron chi connectivity index (χ0n) is 11.5. The summed E-state index contributed by atoms with van der Waals surface area (Å²) in [6.45, 7) is 3.59. The van der Waals surface area contributed by atoms with Crippen LogP contribution in [0.2, 0.25) is 0 Å². The Hall–Kier alpha value is -1.59. The number of carbonyl (C=O) groups excluding carboxylic acids is 1. The monoisotopic (exact) mass is 278 g/mol. The van der Waals surface area contributed by atoms with Crippen molar-refractivity contribution >= 4 is 5.97 Å². The Balaban J connectivity index is 2.16. The first-order valence-corrected chi connectivity index (χ1v) is 6.71. The van der Waals surface area contributed by atoms with Crippen molar-refractivity contribution in [2.24, 2.45) is 5.41 Å². The van der Waals surface area contributed by atoms with Crippen molar-refractivity contribution in [1.29, 1.82) is 0 Å². The van der Waals surface area contributed by atoms with Gasteiger partial charge in [0.2, 0.25) is 0 Å². The maximum Gasteiger partial charge on any atom is 0.339 e. The molecular weight excluding hydrogens is 260 g/mol. The quantitative estimate of drug-likeness (QED) is 0.604. The van der Waals surface area contributed by atoms with Crippen molar-refractivity contribution in [3.05, 3.63) is 35.8 Å². The second kappa shape index (κ2) is 4.20. The summed E-state index contributed by atoms with van der Waals surface area (Å²) in [7, 11) is 0. The lowest BCUT2D eigenvalue weighted by atomic mass is 9.57. The topological polar surface area (TPSA) is 79.9 Å². The molecule has 2 heterocycles. The summed E-state index contributed by atoms with van der Waals surface area (Å²) >= 11 is 0. The van der Waals surface area contributed by atoms with Gasteiger partial charge in [-0.05, 0) is 31.4 Å². The molecule has 1 fully saturated rings. The number of hydrogen-bond acceptors (Lipinski definition) is 5. The van der Waals surface area contributed by atoms with Gasteiger partial charge < -0.3 is 19.4 Å². The number of aliphatic hydroxyl groups is 2. The van der Waals surface area contributed by atoms with Gasteiger partial charge in [-0.25, -0.2) is 4.79 Å². The highest BCUT2D eigenvalue weighted by Gasteiger charge is 2.65. The summed E-state index contributed by atoms with van der Waals surface area (Å²) in [5.41, 5.74) is -1.09. The van der Waals surface area contributed by atoms with Gasteiger partial charge in [-0.1, -0.05) is 13.0 Å². The van der Waals surface area contributed by atoms with E-state index in [0.29, 0.717) is 17.6 Å². The Morgan fingerprint density at radius 2 is 2.20 bits per heavy atom. The average Bonchev–Trinajstić information content (AvgIpc) is 2.93. The van der Waals surface area contributed by atoms with Crippen LogP contribution >= 0.6 is 0 Å². The first kappa shape index (κ1) is 13.4. The maximum absolute atomic E-state index is 12.0. The zero-order valence-corrected chi connectivity index (χ0v) is 11.5. The largest absolute Gasteiger partial charge is 0.472 e. The molecule has 0 radical (unpaired) electrons. The maximum atomic E-state index is 12.0. The number of fused-ring (bicyclic) bond motifs is 1. The van der Waals surface area contributed by atoms with Crippen molar-refractivity contribution in [2.75, 3.05) is 0 Å². The molecule has 0 aromatic carbocycles. The third-order valence-electron chi connectivity index (χ3n) is 4.86. The zero-order chi connectivity index (χ0) is 14.5. The van der Waals surface area contributed by atoms with E-state index in [9.17, 15) is 15.0 Å². The number of rotatable bonds is 1. The van der Waals surface area contributed by atoms with Crippen LogP contribution in [0.1, 0.15) is 38.4 Å². The van der Waals surface area contributed by atoms with Crippen LogP contribution in [0.15, 0.2) is 34.7 Å². The molecule has 5 nitrogen and oxygen atoms in total. The predicted molar refractivity (Wildman–Crippen MR) is 69.6 cm³/mol. The minimum absolute atomic E-state index is 0.612. The lowest BCUT2D eigenvalue weighted by Gasteiger charge is -2.55. The van der Waals surface area contributed by atoms with E-state index in [-0.39, 0.29) is 0 Å². The molecule has 20 heavy (non-hydrogen) atoms. The molecule has 1 aromatic heterocycles. The van der Waals surface area contributed by atoms with E-state index < -0.39 is 29.2 Å². The Labute approximate surface area is 116 Å². The first-order valence-electron chi connectivity index (χ1n) is 6.71. The van der Waals surface area contributed by atoms with Crippen molar-refractivity contribution in [2.45, 2.75) is 44.5 Å². The smallest absolute Gasteiger partial charge is 0.339 e. The van der Waals surface area contributed by atoms with Gasteiger partial charge in [-0.3, -0.25) is 0 Å². The highest BCUT2D eigenvalue weighted by molar-refractivity contribution is 5.79. The summed E-state index contributed by atoms with van der Waals surface area (Å²) in [4.78, 5) is 12.0. The van der Waals surface area contributed by atoms with Crippen LogP contribution in [-0.4, -0.2) is 27.9 Å². The second-order valence-corrected chi connectivity index (χ2v) is 5.89. The number of ether oxygens (including phenoxy) is 1. The second-order valence-electron chi connectivity index (χ2n) is 5.89. The molecule has 4 atom stereocenters. The van der Waals surface area contributed by atoms with Crippen LogP contribution in [0.25, 0.3) is 0 Å². The summed E-state index contributed by atoms with van der Waals surface area (Å²) < 4.78 is 10.5. The van der Waals surface area contributed by atoms with Crippen LogP contribution in [-0.2, 0) is 9.53 Å². The van der Waals surface area contributed by atoms with E-state index in [1.807, 2.05) is 13.0 Å². The highest BCUT2D eigenvalue weighted by atomic mass is 16.6. The molecule has 0 bridgehead atoms. The molecule has 0 saturated carbocycles. The van der Waals surface area contributed by atoms with Gasteiger partial charge in [0.15, 0.2) is 6.10 Å². The summed E-state index contributed by atoms with van der Waals surface area (Å²) in [5, 5.41) is 21.3. The molecule has 0 unspecified atom stereocenters. The average molecular weight is 278 g/mol. The van der Waals surface area contributed by atoms with Crippen molar-refractivity contribution in [3.8, 4) is 0 Å². The van der Waals surface area contributed by atoms with Crippen LogP contribution in [0, 0.1) is 5.41 Å². The number of allylic oxidation sites excluding steroid dienone is 1. The lowest BCUT2D eigenvalue weighted by molar-refractivity contribution is -0.240. The fourth-order valence-corrected chi connectivity index (χ4v) is 3.59. The molecule has 2 aliphatic rings. The van der Waals surface area contributed by atoms with E-state index >= 15 is 0 Å². The predicted octanol–water partition coefficient (Wildman–Crippen LogP) is 1.72. The van der Waals surface area contributed by atoms with E-state index in [4.69, 9.17) is 9.15 Å². The van der Waals surface area contributed by atoms with Crippen LogP contribution in [0.4, 0.5) is 0 Å². The molecule has 1 aromatic rings. The summed E-state index contributed by atoms with van der Waals surface area (Å²) in [6.07, 6.45) is 4.07. The van der Waals surface area contributed by atoms with E-state index in [1.54, 1.807) is 13.0 Å². The van der Waals surface area contributed by atoms with Crippen LogP contribution in [0.5, 0.6) is 0 Å². The molecule has 2 N–H and O–H groups in total. The van der Waals surface area contributed by atoms with E-state index in [1.165, 1.54) is 12.5 Å². The van der Waals surface area contributed by atoms with Crippen molar-refractivity contribution in [3.63, 3.8) is 0 Å². The van der Waals surface area contributed by atoms with Crippen LogP contribution < -0.4 is 0 Å². The molecule has 3 rings (SSSR count). The number of hydrogen-bond donors (Lipinski definition) is 2. The van der Waals surface area contributed by atoms with Crippen molar-refractivity contribution in [1.82, 2.24) is 0 Å². The molecule has 0 spiro atoms. The van der Waals surface area contributed by atoms with Crippen LogP contribution in [0.3, 0.4) is 0 Å². The third kappa shape index (κ3) is 1.47. The van der Waals surface area contributed by atoms with Gasteiger partial charge in [-0.2, -0.15) is 0 Å². The van der Waals surface area contributed by atoms with E-state index in [2.05, 4.69) is 0 Å². The lowest BCUT2D eigenvalue weighted by Crippen LogP contribution is -2.66.